The summed E-state index contributed by atoms with van der Waals surface area (Å²) in [5.41, 5.74) is 5.57. The van der Waals surface area contributed by atoms with Gasteiger partial charge in [0.25, 0.3) is 0 Å². The highest BCUT2D eigenvalue weighted by Gasteiger charge is 2.30. The molecule has 3 amide bonds. The van der Waals surface area contributed by atoms with Crippen LogP contribution in [0.25, 0.3) is 0 Å². The van der Waals surface area contributed by atoms with Crippen molar-refractivity contribution in [1.29, 1.82) is 0 Å². The summed E-state index contributed by atoms with van der Waals surface area (Å²) >= 11 is 7.78. The molecule has 0 unspecified atom stereocenters. The van der Waals surface area contributed by atoms with Crippen molar-refractivity contribution in [2.45, 2.75) is 57.3 Å². The molecular weight excluding hydrogens is 436 g/mol. The largest absolute Gasteiger partial charge is 0.481 e. The summed E-state index contributed by atoms with van der Waals surface area (Å²) in [6.07, 6.45) is -0.445. The Morgan fingerprint density at radius 2 is 1.33 bits per heavy atom. The number of amides is 3. The van der Waals surface area contributed by atoms with Crippen molar-refractivity contribution in [2.75, 3.05) is 11.5 Å². The van der Waals surface area contributed by atoms with Crippen LogP contribution in [0, 0.1) is 5.92 Å². The lowest BCUT2D eigenvalue weighted by Gasteiger charge is -2.25. The second-order valence-corrected chi connectivity index (χ2v) is 7.79. The van der Waals surface area contributed by atoms with Crippen LogP contribution >= 0.6 is 25.3 Å². The first kappa shape index (κ1) is 28.0. The fourth-order valence-corrected chi connectivity index (χ4v) is 2.74. The van der Waals surface area contributed by atoms with Gasteiger partial charge < -0.3 is 31.9 Å². The molecule has 0 rings (SSSR count). The molecule has 0 aliphatic heterocycles. The summed E-state index contributed by atoms with van der Waals surface area (Å²) in [5.74, 6) is -4.83. The number of nitrogens with one attached hydrogen (secondary N) is 3. The van der Waals surface area contributed by atoms with E-state index < -0.39 is 60.2 Å². The van der Waals surface area contributed by atoms with E-state index >= 15 is 0 Å². The molecule has 0 aromatic carbocycles. The average molecular weight is 467 g/mol. The van der Waals surface area contributed by atoms with Crippen molar-refractivity contribution in [3.63, 3.8) is 0 Å². The first-order valence-electron chi connectivity index (χ1n) is 9.25. The molecule has 0 aliphatic rings. The molecule has 0 aromatic rings. The predicted octanol–water partition coefficient (Wildman–Crippen LogP) is -1.38. The zero-order chi connectivity index (χ0) is 23.4. The second kappa shape index (κ2) is 14.1. The number of thiol groups is 2. The quantitative estimate of drug-likeness (QED) is 0.144. The Hall–Kier alpha value is -1.99. The lowest BCUT2D eigenvalue weighted by molar-refractivity contribution is -0.141. The van der Waals surface area contributed by atoms with Gasteiger partial charge >= 0.3 is 11.9 Å². The van der Waals surface area contributed by atoms with E-state index in [2.05, 4.69) is 41.2 Å². The van der Waals surface area contributed by atoms with E-state index in [0.29, 0.717) is 0 Å². The predicted molar refractivity (Wildman–Crippen MR) is 115 cm³/mol. The maximum atomic E-state index is 12.7. The molecule has 0 bridgehead atoms. The summed E-state index contributed by atoms with van der Waals surface area (Å²) in [7, 11) is 0. The molecule has 0 radical (unpaired) electrons. The molecule has 11 nitrogen and oxygen atoms in total. The molecule has 7 N–H and O–H groups in total. The number of aliphatic carboxylic acids is 2. The number of carbonyl (C=O) groups excluding carboxylic acids is 3. The summed E-state index contributed by atoms with van der Waals surface area (Å²) in [6, 6.07) is -4.60. The van der Waals surface area contributed by atoms with E-state index in [1.54, 1.807) is 13.8 Å². The van der Waals surface area contributed by atoms with E-state index in [1.807, 2.05) is 0 Å². The standard InChI is InChI=1S/C17H30N4O7S2/c1-8(2)5-11(16(26)21-12(7-30)17(27)28)20-15(25)10(3-4-13(22)23)19-14(24)9(18)6-29/h8-12,29-30H,3-7,18H2,1-2H3,(H,19,24)(H,20,25)(H,21,26)(H,22,23)(H,27,28)/t9-,10-,11-,12+/m0/s1. The highest BCUT2D eigenvalue weighted by atomic mass is 32.1. The number of carboxylic acid groups (broad SMARTS) is 2. The smallest absolute Gasteiger partial charge is 0.327 e. The first-order valence-corrected chi connectivity index (χ1v) is 10.5. The molecule has 172 valence electrons. The Balaban J connectivity index is 5.42. The highest BCUT2D eigenvalue weighted by molar-refractivity contribution is 7.80. The molecule has 30 heavy (non-hydrogen) atoms. The Labute approximate surface area is 185 Å². The third-order valence-corrected chi connectivity index (χ3v) is 4.71. The van der Waals surface area contributed by atoms with Crippen molar-refractivity contribution >= 4 is 54.9 Å². The molecule has 0 saturated carbocycles. The summed E-state index contributed by atoms with van der Waals surface area (Å²) in [5, 5.41) is 25.1. The third kappa shape index (κ3) is 10.7. The van der Waals surface area contributed by atoms with Crippen molar-refractivity contribution < 1.29 is 34.2 Å². The summed E-state index contributed by atoms with van der Waals surface area (Å²) < 4.78 is 0. The van der Waals surface area contributed by atoms with Crippen LogP contribution in [-0.4, -0.2) is 75.5 Å². The van der Waals surface area contributed by atoms with Crippen LogP contribution in [0.1, 0.15) is 33.1 Å². The molecule has 0 saturated heterocycles. The Bertz CT molecular complexity index is 633. The van der Waals surface area contributed by atoms with Crippen molar-refractivity contribution in [2.24, 2.45) is 11.7 Å². The zero-order valence-corrected chi connectivity index (χ0v) is 18.6. The van der Waals surface area contributed by atoms with Crippen LogP contribution < -0.4 is 21.7 Å². The number of hydrogen-bond acceptors (Lipinski definition) is 8. The molecule has 0 spiro atoms. The van der Waals surface area contributed by atoms with E-state index in [0.717, 1.165) is 0 Å². The summed E-state index contributed by atoms with van der Waals surface area (Å²) in [4.78, 5) is 59.3. The van der Waals surface area contributed by atoms with E-state index in [1.165, 1.54) is 0 Å². The van der Waals surface area contributed by atoms with Gasteiger partial charge in [-0.1, -0.05) is 13.8 Å². The molecule has 4 atom stereocenters. The Morgan fingerprint density at radius 1 is 0.833 bits per heavy atom. The maximum absolute atomic E-state index is 12.7. The maximum Gasteiger partial charge on any atom is 0.327 e. The van der Waals surface area contributed by atoms with E-state index in [4.69, 9.17) is 15.9 Å². The minimum atomic E-state index is -1.28. The molecular formula is C17H30N4O7S2. The molecule has 0 heterocycles. The second-order valence-electron chi connectivity index (χ2n) is 7.06. The normalized spacial score (nSPS) is 14.9. The van der Waals surface area contributed by atoms with Gasteiger partial charge in [0.15, 0.2) is 0 Å². The lowest BCUT2D eigenvalue weighted by Crippen LogP contribution is -2.57. The van der Waals surface area contributed by atoms with Crippen LogP contribution in [-0.2, 0) is 24.0 Å². The van der Waals surface area contributed by atoms with Crippen molar-refractivity contribution in [1.82, 2.24) is 16.0 Å². The van der Waals surface area contributed by atoms with Crippen LogP contribution in [0.3, 0.4) is 0 Å². The minimum Gasteiger partial charge on any atom is -0.481 e. The van der Waals surface area contributed by atoms with Crippen LogP contribution in [0.4, 0.5) is 0 Å². The Kier molecular flexibility index (Phi) is 13.2. The van der Waals surface area contributed by atoms with E-state index in [-0.39, 0.29) is 30.3 Å². The van der Waals surface area contributed by atoms with Gasteiger partial charge in [-0.25, -0.2) is 4.79 Å². The first-order chi connectivity index (χ1) is 13.9. The third-order valence-electron chi connectivity index (χ3n) is 3.95. The number of carboxylic acids is 2. The van der Waals surface area contributed by atoms with Crippen LogP contribution in [0.2, 0.25) is 0 Å². The minimum absolute atomic E-state index is 0.0117. The van der Waals surface area contributed by atoms with Crippen molar-refractivity contribution in [3.05, 3.63) is 0 Å². The van der Waals surface area contributed by atoms with Crippen LogP contribution in [0.5, 0.6) is 0 Å². The topological polar surface area (TPSA) is 188 Å². The van der Waals surface area contributed by atoms with Gasteiger partial charge in [0.05, 0.1) is 6.04 Å². The number of hydrogen-bond donors (Lipinski definition) is 8. The van der Waals surface area contributed by atoms with Crippen LogP contribution in [0.15, 0.2) is 0 Å². The Morgan fingerprint density at radius 3 is 1.77 bits per heavy atom. The lowest BCUT2D eigenvalue weighted by atomic mass is 10.0. The molecule has 0 aromatic heterocycles. The molecule has 13 heteroatoms. The number of nitrogens with two attached hydrogens (primary N) is 1. The van der Waals surface area contributed by atoms with Gasteiger partial charge in [-0.3, -0.25) is 19.2 Å². The van der Waals surface area contributed by atoms with Gasteiger partial charge in [0.1, 0.15) is 18.1 Å². The number of rotatable bonds is 14. The molecule has 0 aliphatic carbocycles. The fraction of sp³-hybridized carbons (Fsp3) is 0.706. The van der Waals surface area contributed by atoms with Gasteiger partial charge in [-0.05, 0) is 18.8 Å². The monoisotopic (exact) mass is 466 g/mol. The SMILES string of the molecule is CC(C)C[C@H](NC(=O)[C@H](CCC(=O)O)NC(=O)[C@@H](N)CS)C(=O)N[C@H](CS)C(=O)O. The van der Waals surface area contributed by atoms with E-state index in [9.17, 15) is 24.0 Å². The fourth-order valence-electron chi connectivity index (χ4n) is 2.33. The highest BCUT2D eigenvalue weighted by Crippen LogP contribution is 2.08. The van der Waals surface area contributed by atoms with Gasteiger partial charge in [-0.15, -0.1) is 0 Å². The molecule has 0 fully saturated rings. The van der Waals surface area contributed by atoms with Gasteiger partial charge in [0, 0.05) is 17.9 Å². The zero-order valence-electron chi connectivity index (χ0n) is 16.8. The van der Waals surface area contributed by atoms with Gasteiger partial charge in [-0.2, -0.15) is 25.3 Å². The van der Waals surface area contributed by atoms with Gasteiger partial charge in [0.2, 0.25) is 17.7 Å². The average Bonchev–Trinajstić information content (AvgIpc) is 2.66. The number of carbonyl (C=O) groups is 5. The summed E-state index contributed by atoms with van der Waals surface area (Å²) in [6.45, 7) is 3.60. The van der Waals surface area contributed by atoms with Crippen molar-refractivity contribution in [3.8, 4) is 0 Å².